The Labute approximate surface area is 144 Å². The Balaban J connectivity index is 1.66. The van der Waals surface area contributed by atoms with Gasteiger partial charge in [-0.25, -0.2) is 14.0 Å². The number of anilines is 2. The van der Waals surface area contributed by atoms with Gasteiger partial charge in [0.05, 0.1) is 31.6 Å². The van der Waals surface area contributed by atoms with Crippen LogP contribution < -0.4 is 20.4 Å². The van der Waals surface area contributed by atoms with Gasteiger partial charge in [-0.2, -0.15) is 0 Å². The lowest BCUT2D eigenvalue weighted by molar-refractivity contribution is 0.132. The van der Waals surface area contributed by atoms with Gasteiger partial charge < -0.3 is 25.0 Å². The number of nitrogens with zero attached hydrogens (tertiary/aromatic N) is 2. The Morgan fingerprint density at radius 3 is 2.88 bits per heavy atom. The van der Waals surface area contributed by atoms with Crippen molar-refractivity contribution >= 4 is 23.6 Å². The van der Waals surface area contributed by atoms with E-state index in [9.17, 15) is 14.0 Å². The lowest BCUT2D eigenvalue weighted by Gasteiger charge is -2.30. The van der Waals surface area contributed by atoms with Crippen molar-refractivity contribution < 1.29 is 23.5 Å². The summed E-state index contributed by atoms with van der Waals surface area (Å²) in [5.74, 6) is -0.372. The van der Waals surface area contributed by atoms with E-state index in [1.54, 1.807) is 12.1 Å². The Morgan fingerprint density at radius 1 is 1.44 bits per heavy atom. The number of nitrogens with one attached hydrogen (secondary N) is 2. The molecule has 25 heavy (non-hydrogen) atoms. The predicted molar refractivity (Wildman–Crippen MR) is 89.5 cm³/mol. The second kappa shape index (κ2) is 7.56. The molecule has 0 saturated carbocycles. The van der Waals surface area contributed by atoms with Crippen LogP contribution in [-0.4, -0.2) is 64.7 Å². The average molecular weight is 352 g/mol. The van der Waals surface area contributed by atoms with Gasteiger partial charge in [0.2, 0.25) is 0 Å². The summed E-state index contributed by atoms with van der Waals surface area (Å²) in [6.45, 7) is 3.47. The third kappa shape index (κ3) is 3.93. The van der Waals surface area contributed by atoms with Gasteiger partial charge >= 0.3 is 12.2 Å². The van der Waals surface area contributed by atoms with Gasteiger partial charge in [-0.1, -0.05) is 0 Å². The van der Waals surface area contributed by atoms with Crippen molar-refractivity contribution in [2.24, 2.45) is 0 Å². The second-order valence-corrected chi connectivity index (χ2v) is 5.86. The number of amides is 2. The fourth-order valence-corrected chi connectivity index (χ4v) is 2.93. The summed E-state index contributed by atoms with van der Waals surface area (Å²) in [6, 6.07) is 4.73. The molecule has 0 aliphatic carbocycles. The van der Waals surface area contributed by atoms with Crippen LogP contribution in [0.15, 0.2) is 18.2 Å². The third-order valence-corrected chi connectivity index (χ3v) is 4.23. The normalized spacial score (nSPS) is 20.4. The number of rotatable bonds is 4. The van der Waals surface area contributed by atoms with Crippen molar-refractivity contribution in [3.05, 3.63) is 24.0 Å². The highest BCUT2D eigenvalue weighted by molar-refractivity contribution is 5.90. The van der Waals surface area contributed by atoms with Gasteiger partial charge in [-0.3, -0.25) is 4.90 Å². The van der Waals surface area contributed by atoms with Gasteiger partial charge in [0, 0.05) is 26.2 Å². The monoisotopic (exact) mass is 352 g/mol. The molecule has 1 aromatic rings. The van der Waals surface area contributed by atoms with Crippen LogP contribution in [0, 0.1) is 5.82 Å². The molecule has 0 radical (unpaired) electrons. The SMILES string of the molecule is COC(=O)NC[C@H]1CN(c2ccc(N3CCNCC3)c(F)c2)C(=O)O1. The van der Waals surface area contributed by atoms with Crippen LogP contribution in [0.4, 0.5) is 25.4 Å². The summed E-state index contributed by atoms with van der Waals surface area (Å²) in [5, 5.41) is 5.70. The number of hydrogen-bond acceptors (Lipinski definition) is 6. The van der Waals surface area contributed by atoms with Crippen molar-refractivity contribution in [2.45, 2.75) is 6.10 Å². The number of piperazine rings is 1. The zero-order chi connectivity index (χ0) is 17.8. The van der Waals surface area contributed by atoms with E-state index in [0.29, 0.717) is 11.4 Å². The minimum Gasteiger partial charge on any atom is -0.453 e. The number of benzene rings is 1. The molecule has 0 spiro atoms. The van der Waals surface area contributed by atoms with Crippen molar-refractivity contribution in [2.75, 3.05) is 56.2 Å². The van der Waals surface area contributed by atoms with Crippen molar-refractivity contribution in [3.8, 4) is 0 Å². The van der Waals surface area contributed by atoms with Gasteiger partial charge in [0.25, 0.3) is 0 Å². The Morgan fingerprint density at radius 2 is 2.20 bits per heavy atom. The molecule has 2 heterocycles. The van der Waals surface area contributed by atoms with E-state index in [0.717, 1.165) is 26.2 Å². The quantitative estimate of drug-likeness (QED) is 0.838. The molecule has 9 heteroatoms. The van der Waals surface area contributed by atoms with E-state index < -0.39 is 18.3 Å². The number of methoxy groups -OCH3 is 1. The molecule has 2 fully saturated rings. The lowest BCUT2D eigenvalue weighted by Crippen LogP contribution is -2.43. The van der Waals surface area contributed by atoms with Crippen LogP contribution in [0.1, 0.15) is 0 Å². The molecule has 8 nitrogen and oxygen atoms in total. The molecular weight excluding hydrogens is 331 g/mol. The molecule has 2 aliphatic heterocycles. The maximum atomic E-state index is 14.5. The highest BCUT2D eigenvalue weighted by Crippen LogP contribution is 2.28. The molecular formula is C16H21FN4O4. The van der Waals surface area contributed by atoms with Crippen LogP contribution in [0.3, 0.4) is 0 Å². The smallest absolute Gasteiger partial charge is 0.414 e. The summed E-state index contributed by atoms with van der Waals surface area (Å²) < 4.78 is 24.2. The fourth-order valence-electron chi connectivity index (χ4n) is 2.93. The maximum absolute atomic E-state index is 14.5. The van der Waals surface area contributed by atoms with Crippen LogP contribution >= 0.6 is 0 Å². The predicted octanol–water partition coefficient (Wildman–Crippen LogP) is 0.916. The highest BCUT2D eigenvalue weighted by atomic mass is 19.1. The zero-order valence-corrected chi connectivity index (χ0v) is 14.0. The van der Waals surface area contributed by atoms with Crippen molar-refractivity contribution in [1.82, 2.24) is 10.6 Å². The van der Waals surface area contributed by atoms with Crippen LogP contribution in [-0.2, 0) is 9.47 Å². The average Bonchev–Trinajstić information content (AvgIpc) is 3.01. The second-order valence-electron chi connectivity index (χ2n) is 5.86. The first-order chi connectivity index (χ1) is 12.1. The van der Waals surface area contributed by atoms with E-state index in [1.165, 1.54) is 18.1 Å². The molecule has 3 rings (SSSR count). The summed E-state index contributed by atoms with van der Waals surface area (Å²) >= 11 is 0. The van der Waals surface area contributed by atoms with Crippen LogP contribution in [0.2, 0.25) is 0 Å². The number of carbonyl (C=O) groups is 2. The number of hydrogen-bond donors (Lipinski definition) is 2. The first-order valence-corrected chi connectivity index (χ1v) is 8.13. The minimum atomic E-state index is -0.596. The van der Waals surface area contributed by atoms with Crippen molar-refractivity contribution in [1.29, 1.82) is 0 Å². The number of carbonyl (C=O) groups excluding carboxylic acids is 2. The molecule has 136 valence electrons. The van der Waals surface area contributed by atoms with Crippen LogP contribution in [0.25, 0.3) is 0 Å². The van der Waals surface area contributed by atoms with Crippen molar-refractivity contribution in [3.63, 3.8) is 0 Å². The third-order valence-electron chi connectivity index (χ3n) is 4.23. The molecule has 1 aromatic carbocycles. The molecule has 0 bridgehead atoms. The van der Waals surface area contributed by atoms with E-state index in [1.807, 2.05) is 4.90 Å². The molecule has 2 saturated heterocycles. The maximum Gasteiger partial charge on any atom is 0.414 e. The largest absolute Gasteiger partial charge is 0.453 e. The Kier molecular flexibility index (Phi) is 5.22. The number of halogens is 1. The first kappa shape index (κ1) is 17.3. The molecule has 2 N–H and O–H groups in total. The van der Waals surface area contributed by atoms with Crippen LogP contribution in [0.5, 0.6) is 0 Å². The van der Waals surface area contributed by atoms with E-state index in [4.69, 9.17) is 4.74 Å². The van der Waals surface area contributed by atoms with Gasteiger partial charge in [0.1, 0.15) is 11.9 Å². The lowest BCUT2D eigenvalue weighted by atomic mass is 10.2. The standard InChI is InChI=1S/C16H21FN4O4/c1-24-15(22)19-9-12-10-21(16(23)25-12)11-2-3-14(13(17)8-11)20-6-4-18-5-7-20/h2-3,8,12,18H,4-7,9-10H2,1H3,(H,19,22)/t12-/m0/s1. The summed E-state index contributed by atoms with van der Waals surface area (Å²) in [5.41, 5.74) is 0.962. The van der Waals surface area contributed by atoms with Gasteiger partial charge in [0.15, 0.2) is 0 Å². The minimum absolute atomic E-state index is 0.135. The highest BCUT2D eigenvalue weighted by Gasteiger charge is 2.33. The Bertz CT molecular complexity index is 651. The molecule has 2 amide bonds. The Hall–Kier alpha value is -2.55. The fraction of sp³-hybridized carbons (Fsp3) is 0.500. The first-order valence-electron chi connectivity index (χ1n) is 8.13. The summed E-state index contributed by atoms with van der Waals surface area (Å²) in [4.78, 5) is 26.4. The van der Waals surface area contributed by atoms with Gasteiger partial charge in [-0.05, 0) is 18.2 Å². The van der Waals surface area contributed by atoms with E-state index >= 15 is 0 Å². The summed E-state index contributed by atoms with van der Waals surface area (Å²) in [6.07, 6.45) is -1.67. The molecule has 0 unspecified atom stereocenters. The molecule has 2 aliphatic rings. The van der Waals surface area contributed by atoms with Gasteiger partial charge in [-0.15, -0.1) is 0 Å². The molecule has 1 atom stereocenters. The van der Waals surface area contributed by atoms with E-state index in [-0.39, 0.29) is 18.9 Å². The topological polar surface area (TPSA) is 83.1 Å². The number of cyclic esters (lactones) is 1. The summed E-state index contributed by atoms with van der Waals surface area (Å²) in [7, 11) is 1.25. The number of ether oxygens (including phenoxy) is 2. The molecule has 0 aromatic heterocycles. The van der Waals surface area contributed by atoms with E-state index in [2.05, 4.69) is 15.4 Å². The zero-order valence-electron chi connectivity index (χ0n) is 14.0. The number of alkyl carbamates (subject to hydrolysis) is 1.